The number of anilines is 2. The van der Waals surface area contributed by atoms with Gasteiger partial charge < -0.3 is 0 Å². The molecule has 0 aliphatic heterocycles. The number of rotatable bonds is 6. The normalized spacial score (nSPS) is 12.0. The first-order valence-electron chi connectivity index (χ1n) is 8.30. The number of nitrogens with zero attached hydrogens (tertiary/aromatic N) is 2. The highest BCUT2D eigenvalue weighted by Crippen LogP contribution is 2.22. The number of nitrogens with one attached hydrogen (secondary N) is 2. The van der Waals surface area contributed by atoms with Crippen LogP contribution in [-0.2, 0) is 27.1 Å². The standard InChI is InChI=1S/C18H20N4O4S2/c1-13-6-4-5-7-17(13)21-27(23,24)16-10-8-15(9-11-16)20-28(25,26)18-12-19-22(3)14(18)2/h4-12,20-21H,1-3H3. The van der Waals surface area contributed by atoms with E-state index in [1.807, 2.05) is 6.07 Å². The van der Waals surface area contributed by atoms with Crippen LogP contribution in [-0.4, -0.2) is 26.6 Å². The zero-order valence-electron chi connectivity index (χ0n) is 15.5. The summed E-state index contributed by atoms with van der Waals surface area (Å²) in [5.74, 6) is 0. The van der Waals surface area contributed by atoms with Crippen LogP contribution in [0.3, 0.4) is 0 Å². The lowest BCUT2D eigenvalue weighted by molar-refractivity contribution is 0.599. The van der Waals surface area contributed by atoms with Crippen molar-refractivity contribution in [2.45, 2.75) is 23.6 Å². The van der Waals surface area contributed by atoms with Crippen LogP contribution in [0.15, 0.2) is 64.5 Å². The summed E-state index contributed by atoms with van der Waals surface area (Å²) in [6.45, 7) is 3.45. The molecule has 148 valence electrons. The fourth-order valence-electron chi connectivity index (χ4n) is 2.55. The second-order valence-electron chi connectivity index (χ2n) is 6.27. The Morgan fingerprint density at radius 2 is 1.50 bits per heavy atom. The van der Waals surface area contributed by atoms with Crippen molar-refractivity contribution in [1.29, 1.82) is 0 Å². The van der Waals surface area contributed by atoms with Gasteiger partial charge in [0, 0.05) is 12.7 Å². The average Bonchev–Trinajstić information content (AvgIpc) is 2.97. The number of aromatic nitrogens is 2. The second kappa shape index (κ2) is 7.28. The van der Waals surface area contributed by atoms with Crippen LogP contribution in [0.4, 0.5) is 11.4 Å². The maximum Gasteiger partial charge on any atom is 0.265 e. The maximum atomic E-state index is 12.6. The molecule has 0 radical (unpaired) electrons. The number of benzene rings is 2. The zero-order valence-corrected chi connectivity index (χ0v) is 17.2. The Hall–Kier alpha value is -2.85. The second-order valence-corrected chi connectivity index (χ2v) is 9.60. The van der Waals surface area contributed by atoms with Gasteiger partial charge in [0.05, 0.1) is 22.5 Å². The number of para-hydroxylation sites is 1. The van der Waals surface area contributed by atoms with Crippen molar-refractivity contribution < 1.29 is 16.8 Å². The van der Waals surface area contributed by atoms with Gasteiger partial charge in [0.15, 0.2) is 0 Å². The highest BCUT2D eigenvalue weighted by molar-refractivity contribution is 7.93. The van der Waals surface area contributed by atoms with Gasteiger partial charge in [-0.3, -0.25) is 14.1 Å². The van der Waals surface area contributed by atoms with Gasteiger partial charge in [0.25, 0.3) is 20.0 Å². The van der Waals surface area contributed by atoms with Crippen molar-refractivity contribution in [3.63, 3.8) is 0 Å². The summed E-state index contributed by atoms with van der Waals surface area (Å²) in [7, 11) is -5.97. The monoisotopic (exact) mass is 420 g/mol. The predicted molar refractivity (Wildman–Crippen MR) is 107 cm³/mol. The highest BCUT2D eigenvalue weighted by Gasteiger charge is 2.21. The fraction of sp³-hybridized carbons (Fsp3) is 0.167. The summed E-state index contributed by atoms with van der Waals surface area (Å²) in [6, 6.07) is 12.5. The highest BCUT2D eigenvalue weighted by atomic mass is 32.2. The molecule has 0 aliphatic carbocycles. The summed E-state index contributed by atoms with van der Waals surface area (Å²) in [5.41, 5.74) is 2.02. The first-order chi connectivity index (χ1) is 13.1. The lowest BCUT2D eigenvalue weighted by Gasteiger charge is -2.11. The summed E-state index contributed by atoms with van der Waals surface area (Å²) in [6.07, 6.45) is 1.27. The smallest absolute Gasteiger partial charge is 0.265 e. The summed E-state index contributed by atoms with van der Waals surface area (Å²) in [4.78, 5) is 0.0872. The van der Waals surface area contributed by atoms with Gasteiger partial charge in [-0.2, -0.15) is 5.10 Å². The zero-order chi connectivity index (χ0) is 20.5. The van der Waals surface area contributed by atoms with E-state index in [4.69, 9.17) is 0 Å². The number of aryl methyl sites for hydroxylation is 2. The topological polar surface area (TPSA) is 110 Å². The van der Waals surface area contributed by atoms with Crippen molar-refractivity contribution in [3.8, 4) is 0 Å². The van der Waals surface area contributed by atoms with Gasteiger partial charge in [0.2, 0.25) is 0 Å². The van der Waals surface area contributed by atoms with E-state index in [0.29, 0.717) is 11.4 Å². The van der Waals surface area contributed by atoms with Crippen molar-refractivity contribution >= 4 is 31.4 Å². The molecule has 8 nitrogen and oxygen atoms in total. The van der Waals surface area contributed by atoms with Gasteiger partial charge in [0.1, 0.15) is 4.90 Å². The Labute approximate surface area is 164 Å². The largest absolute Gasteiger partial charge is 0.280 e. The van der Waals surface area contributed by atoms with Crippen LogP contribution in [0.2, 0.25) is 0 Å². The van der Waals surface area contributed by atoms with Gasteiger partial charge in [-0.05, 0) is 49.7 Å². The molecular formula is C18H20N4O4S2. The molecule has 1 aromatic heterocycles. The minimum Gasteiger partial charge on any atom is -0.280 e. The molecule has 0 fully saturated rings. The van der Waals surface area contributed by atoms with Crippen molar-refractivity contribution in [2.75, 3.05) is 9.44 Å². The molecule has 0 unspecified atom stereocenters. The molecule has 0 bridgehead atoms. The SMILES string of the molecule is Cc1ccccc1NS(=O)(=O)c1ccc(NS(=O)(=O)c2cnn(C)c2C)cc1. The van der Waals surface area contributed by atoms with Crippen LogP contribution in [0.25, 0.3) is 0 Å². The number of hydrogen-bond donors (Lipinski definition) is 2. The first kappa shape index (κ1) is 19.9. The van der Waals surface area contributed by atoms with Crippen LogP contribution in [0, 0.1) is 13.8 Å². The Kier molecular flexibility index (Phi) is 5.18. The molecule has 0 saturated carbocycles. The van der Waals surface area contributed by atoms with E-state index in [9.17, 15) is 16.8 Å². The lowest BCUT2D eigenvalue weighted by atomic mass is 10.2. The van der Waals surface area contributed by atoms with Gasteiger partial charge in [-0.25, -0.2) is 16.8 Å². The maximum absolute atomic E-state index is 12.6. The van der Waals surface area contributed by atoms with E-state index in [2.05, 4.69) is 14.5 Å². The Morgan fingerprint density at radius 1 is 0.857 bits per heavy atom. The van der Waals surface area contributed by atoms with Gasteiger partial charge in [-0.15, -0.1) is 0 Å². The molecule has 2 aromatic carbocycles. The van der Waals surface area contributed by atoms with Crippen LogP contribution >= 0.6 is 0 Å². The first-order valence-corrected chi connectivity index (χ1v) is 11.3. The third kappa shape index (κ3) is 4.02. The van der Waals surface area contributed by atoms with E-state index < -0.39 is 20.0 Å². The molecule has 28 heavy (non-hydrogen) atoms. The summed E-state index contributed by atoms with van der Waals surface area (Å²) in [5, 5.41) is 3.93. The molecular weight excluding hydrogens is 400 g/mol. The van der Waals surface area contributed by atoms with Crippen molar-refractivity contribution in [2.24, 2.45) is 7.05 Å². The van der Waals surface area contributed by atoms with E-state index in [0.717, 1.165) is 5.56 Å². The third-order valence-corrected chi connectivity index (χ3v) is 7.15. The predicted octanol–water partition coefficient (Wildman–Crippen LogP) is 2.64. The van der Waals surface area contributed by atoms with E-state index in [1.54, 1.807) is 39.1 Å². The van der Waals surface area contributed by atoms with Crippen LogP contribution in [0.1, 0.15) is 11.3 Å². The Balaban J connectivity index is 1.81. The molecule has 3 rings (SSSR count). The molecule has 2 N–H and O–H groups in total. The van der Waals surface area contributed by atoms with Gasteiger partial charge in [-0.1, -0.05) is 18.2 Å². The third-order valence-electron chi connectivity index (χ3n) is 4.29. The van der Waals surface area contributed by atoms with Crippen LogP contribution in [0.5, 0.6) is 0 Å². The minimum atomic E-state index is -3.82. The van der Waals surface area contributed by atoms with Crippen molar-refractivity contribution in [3.05, 3.63) is 66.0 Å². The number of sulfonamides is 2. The molecule has 0 amide bonds. The molecule has 0 spiro atoms. The van der Waals surface area contributed by atoms with E-state index >= 15 is 0 Å². The molecule has 3 aromatic rings. The average molecular weight is 421 g/mol. The minimum absolute atomic E-state index is 0.0243. The molecule has 1 heterocycles. The lowest BCUT2D eigenvalue weighted by Crippen LogP contribution is -2.15. The number of hydrogen-bond acceptors (Lipinski definition) is 5. The van der Waals surface area contributed by atoms with E-state index in [-0.39, 0.29) is 15.5 Å². The molecule has 10 heteroatoms. The molecule has 0 saturated heterocycles. The molecule has 0 atom stereocenters. The quantitative estimate of drug-likeness (QED) is 0.637. The fourth-order valence-corrected chi connectivity index (χ4v) is 4.94. The Bertz CT molecular complexity index is 1210. The van der Waals surface area contributed by atoms with E-state index in [1.165, 1.54) is 35.1 Å². The Morgan fingerprint density at radius 3 is 2.07 bits per heavy atom. The van der Waals surface area contributed by atoms with Crippen LogP contribution < -0.4 is 9.44 Å². The summed E-state index contributed by atoms with van der Waals surface area (Å²) < 4.78 is 56.5. The van der Waals surface area contributed by atoms with Crippen molar-refractivity contribution in [1.82, 2.24) is 9.78 Å². The molecule has 0 aliphatic rings. The summed E-state index contributed by atoms with van der Waals surface area (Å²) >= 11 is 0. The van der Waals surface area contributed by atoms with Gasteiger partial charge >= 0.3 is 0 Å².